The molecule has 5 aromatic rings. The minimum Gasteiger partial charge on any atom is -0.485 e. The number of urea groups is 1. The second-order valence-corrected chi connectivity index (χ2v) is 12.1. The molecule has 0 aliphatic carbocycles. The Morgan fingerprint density at radius 2 is 1.80 bits per heavy atom. The Morgan fingerprint density at radius 3 is 2.53 bits per heavy atom. The summed E-state index contributed by atoms with van der Waals surface area (Å²) in [6.07, 6.45) is 5.23. The Labute approximate surface area is 313 Å². The molecule has 0 saturated heterocycles. The van der Waals surface area contributed by atoms with E-state index in [4.69, 9.17) is 27.9 Å². The van der Waals surface area contributed by atoms with Gasteiger partial charge in [0.05, 0.1) is 22.9 Å². The van der Waals surface area contributed by atoms with Crippen LogP contribution in [-0.4, -0.2) is 57.8 Å². The molecule has 4 amide bonds. The number of carbonyl (C=O) groups excluding carboxylic acids is 3. The van der Waals surface area contributed by atoms with E-state index in [0.717, 1.165) is 15.9 Å². The molecule has 49 heavy (non-hydrogen) atoms. The zero-order valence-electron chi connectivity index (χ0n) is 26.4. The number of pyridine rings is 2. The highest BCUT2D eigenvalue weighted by Crippen LogP contribution is 2.35. The zero-order chi connectivity index (χ0) is 33.7. The number of fused-ring (bicyclic) bond motifs is 1. The molecule has 258 valence electrons. The van der Waals surface area contributed by atoms with E-state index in [1.54, 1.807) is 73.9 Å². The van der Waals surface area contributed by atoms with Gasteiger partial charge in [-0.25, -0.2) is 9.78 Å². The van der Waals surface area contributed by atoms with Gasteiger partial charge in [-0.05, 0) is 76.9 Å². The molecule has 0 aliphatic rings. The second kappa shape index (κ2) is 17.5. The quantitative estimate of drug-likeness (QED) is 0.150. The molecule has 0 aliphatic heterocycles. The average molecular weight is 812 g/mol. The van der Waals surface area contributed by atoms with Crippen LogP contribution in [0.25, 0.3) is 5.65 Å². The van der Waals surface area contributed by atoms with Crippen LogP contribution in [0.1, 0.15) is 27.2 Å². The van der Waals surface area contributed by atoms with Gasteiger partial charge in [0.15, 0.2) is 11.4 Å². The summed E-state index contributed by atoms with van der Waals surface area (Å²) in [5.74, 6) is -0.120. The fourth-order valence-corrected chi connectivity index (χ4v) is 5.72. The maximum absolute atomic E-state index is 13.1. The number of carbonyl (C=O) groups is 3. The van der Waals surface area contributed by atoms with Crippen molar-refractivity contribution in [3.8, 4) is 5.75 Å². The molecule has 11 nitrogen and oxygen atoms in total. The molecule has 0 radical (unpaired) electrons. The van der Waals surface area contributed by atoms with Crippen molar-refractivity contribution < 1.29 is 19.1 Å². The van der Waals surface area contributed by atoms with Crippen molar-refractivity contribution in [2.45, 2.75) is 20.1 Å². The first-order valence-electron chi connectivity index (χ1n) is 14.3. The number of hydrogen-bond donors (Lipinski definition) is 2. The maximum Gasteiger partial charge on any atom is 0.319 e. The molecule has 0 unspecified atom stereocenters. The van der Waals surface area contributed by atoms with E-state index < -0.39 is 11.9 Å². The van der Waals surface area contributed by atoms with Crippen molar-refractivity contribution in [3.63, 3.8) is 0 Å². The predicted octanol–water partition coefficient (Wildman–Crippen LogP) is 7.59. The van der Waals surface area contributed by atoms with Crippen molar-refractivity contribution >= 4 is 98.8 Å². The van der Waals surface area contributed by atoms with Crippen molar-refractivity contribution in [2.24, 2.45) is 0 Å². The van der Waals surface area contributed by atoms with Gasteiger partial charge < -0.3 is 25.2 Å². The smallest absolute Gasteiger partial charge is 0.319 e. The molecular weight excluding hydrogens is 780 g/mol. The van der Waals surface area contributed by atoms with Crippen molar-refractivity contribution in [3.05, 3.63) is 116 Å². The molecule has 0 saturated carbocycles. The van der Waals surface area contributed by atoms with Gasteiger partial charge in [-0.2, -0.15) is 0 Å². The minimum absolute atomic E-state index is 0. The van der Waals surface area contributed by atoms with E-state index in [1.165, 1.54) is 4.90 Å². The van der Waals surface area contributed by atoms with E-state index in [-0.39, 0.29) is 48.9 Å². The Kier molecular flexibility index (Phi) is 14.1. The lowest BCUT2D eigenvalue weighted by Gasteiger charge is -2.21. The fourth-order valence-electron chi connectivity index (χ4n) is 4.74. The van der Waals surface area contributed by atoms with Gasteiger partial charge in [-0.15, -0.1) is 24.8 Å². The standard InChI is InChI=1S/C33H30BrCl2N7O4.2ClH/c1-20-30(34)43-14-6-10-27(31(43)39-20)47-19-24-25(35)11-12-26(29(24)36)42(3)28(44)17-38-33(46)40-23-9-4-8-22(15-23)32(45)41(2)18-21-7-5-13-37-16-21;;/h4-16H,17-19H2,1-3H3,(H2,38,40,46);2*1H. The number of hydrogen-bond acceptors (Lipinski definition) is 6. The highest BCUT2D eigenvalue weighted by Gasteiger charge is 2.20. The highest BCUT2D eigenvalue weighted by molar-refractivity contribution is 9.10. The molecule has 2 N–H and O–H groups in total. The molecule has 0 bridgehead atoms. The molecule has 0 spiro atoms. The summed E-state index contributed by atoms with van der Waals surface area (Å²) >= 11 is 16.7. The fraction of sp³-hybridized carbons (Fsp3) is 0.182. The predicted molar refractivity (Wildman–Crippen MR) is 200 cm³/mol. The first-order chi connectivity index (χ1) is 22.5. The number of benzene rings is 2. The topological polar surface area (TPSA) is 121 Å². The van der Waals surface area contributed by atoms with E-state index in [2.05, 4.69) is 36.5 Å². The number of halogens is 5. The van der Waals surface area contributed by atoms with Gasteiger partial charge in [0.1, 0.15) is 11.2 Å². The van der Waals surface area contributed by atoms with Gasteiger partial charge in [0, 0.05) is 61.1 Å². The van der Waals surface area contributed by atoms with Crippen LogP contribution in [0, 0.1) is 6.92 Å². The lowest BCUT2D eigenvalue weighted by Crippen LogP contribution is -2.40. The third kappa shape index (κ3) is 9.34. The van der Waals surface area contributed by atoms with E-state index in [0.29, 0.717) is 45.5 Å². The van der Waals surface area contributed by atoms with Crippen LogP contribution >= 0.6 is 63.9 Å². The summed E-state index contributed by atoms with van der Waals surface area (Å²) in [5, 5.41) is 5.82. The maximum atomic E-state index is 13.1. The molecule has 3 aromatic heterocycles. The third-order valence-corrected chi connectivity index (χ3v) is 8.98. The number of aryl methyl sites for hydroxylation is 1. The van der Waals surface area contributed by atoms with Gasteiger partial charge in [0.2, 0.25) is 5.91 Å². The van der Waals surface area contributed by atoms with Crippen LogP contribution in [0.4, 0.5) is 16.2 Å². The Bertz CT molecular complexity index is 1960. The van der Waals surface area contributed by atoms with Gasteiger partial charge in [-0.1, -0.05) is 35.3 Å². The average Bonchev–Trinajstić information content (AvgIpc) is 3.36. The largest absolute Gasteiger partial charge is 0.485 e. The summed E-state index contributed by atoms with van der Waals surface area (Å²) in [6.45, 7) is 1.97. The van der Waals surface area contributed by atoms with Gasteiger partial charge in [-0.3, -0.25) is 19.0 Å². The number of rotatable bonds is 10. The van der Waals surface area contributed by atoms with Crippen LogP contribution in [0.15, 0.2) is 83.9 Å². The number of anilines is 2. The Balaban J connectivity index is 0.00000325. The van der Waals surface area contributed by atoms with Crippen molar-refractivity contribution in [1.29, 1.82) is 0 Å². The lowest BCUT2D eigenvalue weighted by atomic mass is 10.1. The van der Waals surface area contributed by atoms with Crippen LogP contribution in [-0.2, 0) is 17.9 Å². The number of nitrogens with zero attached hydrogens (tertiary/aromatic N) is 5. The molecule has 3 heterocycles. The van der Waals surface area contributed by atoms with Crippen LogP contribution in [0.2, 0.25) is 10.0 Å². The summed E-state index contributed by atoms with van der Waals surface area (Å²) < 4.78 is 8.74. The number of ether oxygens (including phenoxy) is 1. The van der Waals surface area contributed by atoms with E-state index in [1.807, 2.05) is 35.7 Å². The van der Waals surface area contributed by atoms with Gasteiger partial charge >= 0.3 is 6.03 Å². The highest BCUT2D eigenvalue weighted by atomic mass is 79.9. The molecule has 16 heteroatoms. The van der Waals surface area contributed by atoms with Crippen molar-refractivity contribution in [1.82, 2.24) is 24.6 Å². The molecule has 0 atom stereocenters. The third-order valence-electron chi connectivity index (χ3n) is 7.24. The summed E-state index contributed by atoms with van der Waals surface area (Å²) in [6, 6.07) is 16.5. The lowest BCUT2D eigenvalue weighted by molar-refractivity contribution is -0.117. The molecular formula is C33H32BrCl4N7O4. The van der Waals surface area contributed by atoms with Crippen LogP contribution in [0.5, 0.6) is 5.75 Å². The van der Waals surface area contributed by atoms with Gasteiger partial charge in [0.25, 0.3) is 5.91 Å². The molecule has 2 aromatic carbocycles. The van der Waals surface area contributed by atoms with Crippen LogP contribution in [0.3, 0.4) is 0 Å². The number of imidazole rings is 1. The van der Waals surface area contributed by atoms with E-state index in [9.17, 15) is 14.4 Å². The minimum atomic E-state index is -0.619. The summed E-state index contributed by atoms with van der Waals surface area (Å²) in [7, 11) is 3.24. The Morgan fingerprint density at radius 1 is 1.02 bits per heavy atom. The van der Waals surface area contributed by atoms with Crippen molar-refractivity contribution in [2.75, 3.05) is 30.9 Å². The number of aromatic nitrogens is 3. The number of likely N-dealkylation sites (N-methyl/N-ethyl adjacent to an activating group) is 1. The molecule has 5 rings (SSSR count). The second-order valence-electron chi connectivity index (χ2n) is 10.6. The first kappa shape index (κ1) is 39.4. The monoisotopic (exact) mass is 809 g/mol. The molecule has 0 fully saturated rings. The summed E-state index contributed by atoms with van der Waals surface area (Å²) in [4.78, 5) is 50.2. The zero-order valence-corrected chi connectivity index (χ0v) is 31.2. The number of amides is 4. The number of nitrogens with one attached hydrogen (secondary N) is 2. The normalized spacial score (nSPS) is 10.4. The van der Waals surface area contributed by atoms with E-state index >= 15 is 0 Å². The Hall–Kier alpha value is -4.07. The van der Waals surface area contributed by atoms with Crippen LogP contribution < -0.4 is 20.3 Å². The SMILES string of the molecule is Cc1nc2c(OCc3c(Cl)ccc(N(C)C(=O)CNC(=O)Nc4cccc(C(=O)N(C)Cc5cccnc5)c4)c3Cl)cccn2c1Br.Cl.Cl. The first-order valence-corrected chi connectivity index (χ1v) is 15.9. The summed E-state index contributed by atoms with van der Waals surface area (Å²) in [5.41, 5.74) is 3.99.